The van der Waals surface area contributed by atoms with Crippen LogP contribution in [0.2, 0.25) is 0 Å². The van der Waals surface area contributed by atoms with Gasteiger partial charge < -0.3 is 15.8 Å². The molecular weight excluding hydrogens is 236 g/mol. The molecule has 0 amide bonds. The van der Waals surface area contributed by atoms with Crippen molar-refractivity contribution < 1.29 is 4.74 Å². The van der Waals surface area contributed by atoms with E-state index in [0.717, 1.165) is 24.5 Å². The Bertz CT molecular complexity index is 508. The fourth-order valence-electron chi connectivity index (χ4n) is 1.92. The van der Waals surface area contributed by atoms with Gasteiger partial charge in [-0.15, -0.1) is 0 Å². The van der Waals surface area contributed by atoms with E-state index in [1.54, 1.807) is 0 Å². The number of nitrogen functional groups attached to an aromatic ring is 1. The number of nitrogens with two attached hydrogens (primary N) is 1. The van der Waals surface area contributed by atoms with Crippen molar-refractivity contribution in [2.24, 2.45) is 0 Å². The second-order valence-corrected chi connectivity index (χ2v) is 4.43. The highest BCUT2D eigenvalue weighted by Crippen LogP contribution is 2.12. The predicted molar refractivity (Wildman–Crippen MR) is 79.0 cm³/mol. The van der Waals surface area contributed by atoms with Crippen LogP contribution in [0.15, 0.2) is 48.5 Å². The van der Waals surface area contributed by atoms with Crippen LogP contribution in [0, 0.1) is 0 Å². The Hall–Kier alpha value is -2.00. The predicted octanol–water partition coefficient (Wildman–Crippen LogP) is 2.96. The second-order valence-electron chi connectivity index (χ2n) is 4.43. The fraction of sp³-hybridized carbons (Fsp3) is 0.250. The summed E-state index contributed by atoms with van der Waals surface area (Å²) in [5, 5.41) is 3.40. The van der Waals surface area contributed by atoms with Crippen LogP contribution in [-0.2, 0) is 13.1 Å². The van der Waals surface area contributed by atoms with Crippen LogP contribution in [0.3, 0.4) is 0 Å². The van der Waals surface area contributed by atoms with Crippen molar-refractivity contribution in [3.63, 3.8) is 0 Å². The summed E-state index contributed by atoms with van der Waals surface area (Å²) in [6, 6.07) is 16.1. The topological polar surface area (TPSA) is 47.3 Å². The smallest absolute Gasteiger partial charge is 0.119 e. The van der Waals surface area contributed by atoms with Gasteiger partial charge in [0.15, 0.2) is 0 Å². The van der Waals surface area contributed by atoms with Crippen LogP contribution in [-0.4, -0.2) is 6.61 Å². The van der Waals surface area contributed by atoms with Gasteiger partial charge in [-0.3, -0.25) is 0 Å². The summed E-state index contributed by atoms with van der Waals surface area (Å²) in [5.74, 6) is 0.919. The average molecular weight is 256 g/mol. The summed E-state index contributed by atoms with van der Waals surface area (Å²) in [7, 11) is 0. The molecule has 0 aliphatic carbocycles. The molecule has 2 aromatic carbocycles. The minimum Gasteiger partial charge on any atom is -0.494 e. The van der Waals surface area contributed by atoms with Crippen LogP contribution < -0.4 is 15.8 Å². The van der Waals surface area contributed by atoms with E-state index < -0.39 is 0 Å². The van der Waals surface area contributed by atoms with E-state index in [-0.39, 0.29) is 0 Å². The Labute approximate surface area is 114 Å². The van der Waals surface area contributed by atoms with Gasteiger partial charge in [0.2, 0.25) is 0 Å². The Morgan fingerprint density at radius 3 is 2.42 bits per heavy atom. The zero-order valence-corrected chi connectivity index (χ0v) is 11.2. The van der Waals surface area contributed by atoms with Gasteiger partial charge in [-0.2, -0.15) is 0 Å². The zero-order valence-electron chi connectivity index (χ0n) is 11.2. The second kappa shape index (κ2) is 6.81. The van der Waals surface area contributed by atoms with E-state index in [4.69, 9.17) is 10.5 Å². The van der Waals surface area contributed by atoms with Crippen molar-refractivity contribution in [2.45, 2.75) is 20.0 Å². The van der Waals surface area contributed by atoms with Gasteiger partial charge in [-0.25, -0.2) is 0 Å². The molecule has 2 rings (SSSR count). The molecule has 3 nitrogen and oxygen atoms in total. The lowest BCUT2D eigenvalue weighted by Gasteiger charge is -2.07. The first-order valence-corrected chi connectivity index (χ1v) is 6.55. The quantitative estimate of drug-likeness (QED) is 0.781. The van der Waals surface area contributed by atoms with Crippen molar-refractivity contribution in [2.75, 3.05) is 12.3 Å². The SMILES string of the molecule is CCOc1ccc(CNCc2cccc(N)c2)cc1. The van der Waals surface area contributed by atoms with E-state index in [1.165, 1.54) is 11.1 Å². The molecule has 100 valence electrons. The van der Waals surface area contributed by atoms with E-state index >= 15 is 0 Å². The summed E-state index contributed by atoms with van der Waals surface area (Å²) >= 11 is 0. The lowest BCUT2D eigenvalue weighted by atomic mass is 10.2. The summed E-state index contributed by atoms with van der Waals surface area (Å²) in [6.45, 7) is 4.34. The van der Waals surface area contributed by atoms with Gasteiger partial charge in [0, 0.05) is 18.8 Å². The highest BCUT2D eigenvalue weighted by molar-refractivity contribution is 5.40. The Morgan fingerprint density at radius 2 is 1.74 bits per heavy atom. The standard InChI is InChI=1S/C16H20N2O/c1-2-19-16-8-6-13(7-9-16)11-18-12-14-4-3-5-15(17)10-14/h3-10,18H,2,11-12,17H2,1H3. The van der Waals surface area contributed by atoms with Crippen molar-refractivity contribution in [1.29, 1.82) is 0 Å². The molecule has 2 aromatic rings. The molecule has 0 aliphatic rings. The molecule has 0 heterocycles. The fourth-order valence-corrected chi connectivity index (χ4v) is 1.92. The molecule has 3 N–H and O–H groups in total. The van der Waals surface area contributed by atoms with Gasteiger partial charge in [0.25, 0.3) is 0 Å². The molecule has 0 aromatic heterocycles. The zero-order chi connectivity index (χ0) is 13.5. The highest BCUT2D eigenvalue weighted by atomic mass is 16.5. The van der Waals surface area contributed by atoms with Crippen LogP contribution >= 0.6 is 0 Å². The lowest BCUT2D eigenvalue weighted by molar-refractivity contribution is 0.340. The number of ether oxygens (including phenoxy) is 1. The Kier molecular flexibility index (Phi) is 4.81. The van der Waals surface area contributed by atoms with Gasteiger partial charge in [0.05, 0.1) is 6.61 Å². The minimum absolute atomic E-state index is 0.701. The molecule has 0 saturated heterocycles. The maximum absolute atomic E-state index is 5.74. The molecule has 0 spiro atoms. The summed E-state index contributed by atoms with van der Waals surface area (Å²) in [5.41, 5.74) is 8.99. The molecule has 0 aliphatic heterocycles. The molecule has 0 saturated carbocycles. The molecule has 19 heavy (non-hydrogen) atoms. The minimum atomic E-state index is 0.701. The van der Waals surface area contributed by atoms with Crippen LogP contribution in [0.5, 0.6) is 5.75 Å². The number of benzene rings is 2. The maximum Gasteiger partial charge on any atom is 0.119 e. The average Bonchev–Trinajstić information content (AvgIpc) is 2.41. The molecule has 0 fully saturated rings. The molecule has 0 unspecified atom stereocenters. The van der Waals surface area contributed by atoms with Crippen LogP contribution in [0.25, 0.3) is 0 Å². The number of nitrogens with one attached hydrogen (secondary N) is 1. The van der Waals surface area contributed by atoms with E-state index in [0.29, 0.717) is 6.61 Å². The van der Waals surface area contributed by atoms with Crippen LogP contribution in [0.1, 0.15) is 18.1 Å². The summed E-state index contributed by atoms with van der Waals surface area (Å²) < 4.78 is 5.41. The Morgan fingerprint density at radius 1 is 1.00 bits per heavy atom. The maximum atomic E-state index is 5.74. The third-order valence-corrected chi connectivity index (χ3v) is 2.84. The van der Waals surface area contributed by atoms with Gasteiger partial charge in [-0.05, 0) is 42.3 Å². The Balaban J connectivity index is 1.82. The first kappa shape index (κ1) is 13.4. The molecule has 0 atom stereocenters. The number of hydrogen-bond acceptors (Lipinski definition) is 3. The largest absolute Gasteiger partial charge is 0.494 e. The normalized spacial score (nSPS) is 10.4. The first-order valence-electron chi connectivity index (χ1n) is 6.55. The van der Waals surface area contributed by atoms with Crippen molar-refractivity contribution >= 4 is 5.69 Å². The van der Waals surface area contributed by atoms with Crippen LogP contribution in [0.4, 0.5) is 5.69 Å². The van der Waals surface area contributed by atoms with Crippen molar-refractivity contribution in [1.82, 2.24) is 5.32 Å². The first-order chi connectivity index (χ1) is 9.28. The van der Waals surface area contributed by atoms with Gasteiger partial charge in [-0.1, -0.05) is 24.3 Å². The number of anilines is 1. The third kappa shape index (κ3) is 4.30. The van der Waals surface area contributed by atoms with Crippen molar-refractivity contribution in [3.8, 4) is 5.75 Å². The summed E-state index contributed by atoms with van der Waals surface area (Å²) in [4.78, 5) is 0. The number of rotatable bonds is 6. The summed E-state index contributed by atoms with van der Waals surface area (Å²) in [6.07, 6.45) is 0. The molecular formula is C16H20N2O. The molecule has 0 radical (unpaired) electrons. The molecule has 3 heteroatoms. The number of hydrogen-bond donors (Lipinski definition) is 2. The van der Waals surface area contributed by atoms with E-state index in [9.17, 15) is 0 Å². The third-order valence-electron chi connectivity index (χ3n) is 2.84. The van der Waals surface area contributed by atoms with E-state index in [1.807, 2.05) is 37.3 Å². The van der Waals surface area contributed by atoms with Gasteiger partial charge in [0.1, 0.15) is 5.75 Å². The van der Waals surface area contributed by atoms with Crippen molar-refractivity contribution in [3.05, 3.63) is 59.7 Å². The molecule has 0 bridgehead atoms. The monoisotopic (exact) mass is 256 g/mol. The van der Waals surface area contributed by atoms with Gasteiger partial charge >= 0.3 is 0 Å². The lowest BCUT2D eigenvalue weighted by Crippen LogP contribution is -2.12. The van der Waals surface area contributed by atoms with E-state index in [2.05, 4.69) is 23.5 Å². The highest BCUT2D eigenvalue weighted by Gasteiger charge is 1.96.